The van der Waals surface area contributed by atoms with Gasteiger partial charge in [0.15, 0.2) is 0 Å². The topological polar surface area (TPSA) is 47.3 Å². The number of nitrogens with zero attached hydrogens (tertiary/aromatic N) is 1. The van der Waals surface area contributed by atoms with Gasteiger partial charge in [-0.2, -0.15) is 0 Å². The summed E-state index contributed by atoms with van der Waals surface area (Å²) >= 11 is 0. The van der Waals surface area contributed by atoms with Crippen molar-refractivity contribution in [2.75, 3.05) is 6.54 Å². The molecule has 1 N–H and O–H groups in total. The Kier molecular flexibility index (Phi) is 5.18. The zero-order valence-electron chi connectivity index (χ0n) is 12.3. The molecule has 2 heterocycles. The van der Waals surface area contributed by atoms with Crippen molar-refractivity contribution in [2.24, 2.45) is 5.92 Å². The van der Waals surface area contributed by atoms with Gasteiger partial charge in [0, 0.05) is 6.20 Å². The SMILES string of the molecule is Cc1cc(COc2cccnc2)oc1CNCC(C)C. The van der Waals surface area contributed by atoms with Crippen LogP contribution >= 0.6 is 0 Å². The predicted molar refractivity (Wildman–Crippen MR) is 78.6 cm³/mol. The first-order chi connectivity index (χ1) is 9.65. The third-order valence-corrected chi connectivity index (χ3v) is 2.93. The molecule has 0 aliphatic carbocycles. The number of hydrogen-bond acceptors (Lipinski definition) is 4. The molecule has 20 heavy (non-hydrogen) atoms. The molecule has 2 rings (SSSR count). The minimum Gasteiger partial charge on any atom is -0.484 e. The third-order valence-electron chi connectivity index (χ3n) is 2.93. The minimum absolute atomic E-state index is 0.427. The molecule has 0 bridgehead atoms. The lowest BCUT2D eigenvalue weighted by atomic mass is 10.2. The molecule has 4 nitrogen and oxygen atoms in total. The molecule has 0 amide bonds. The highest BCUT2D eigenvalue weighted by Gasteiger charge is 2.08. The van der Waals surface area contributed by atoms with Crippen LogP contribution in [0.2, 0.25) is 0 Å². The average Bonchev–Trinajstić information content (AvgIpc) is 2.78. The summed E-state index contributed by atoms with van der Waals surface area (Å²) < 4.78 is 11.4. The van der Waals surface area contributed by atoms with E-state index in [0.29, 0.717) is 12.5 Å². The summed E-state index contributed by atoms with van der Waals surface area (Å²) in [6, 6.07) is 5.76. The van der Waals surface area contributed by atoms with Gasteiger partial charge in [-0.3, -0.25) is 4.98 Å². The van der Waals surface area contributed by atoms with E-state index in [4.69, 9.17) is 9.15 Å². The van der Waals surface area contributed by atoms with Crippen LogP contribution in [0.1, 0.15) is 30.9 Å². The Bertz CT molecular complexity index is 521. The highest BCUT2D eigenvalue weighted by Crippen LogP contribution is 2.17. The van der Waals surface area contributed by atoms with Gasteiger partial charge in [0.05, 0.1) is 12.7 Å². The summed E-state index contributed by atoms with van der Waals surface area (Å²) in [6.07, 6.45) is 3.42. The normalized spacial score (nSPS) is 11.0. The first kappa shape index (κ1) is 14.6. The fourth-order valence-electron chi connectivity index (χ4n) is 1.90. The maximum absolute atomic E-state index is 5.81. The molecule has 0 saturated carbocycles. The molecule has 0 aliphatic rings. The molecule has 0 spiro atoms. The molecule has 2 aromatic heterocycles. The predicted octanol–water partition coefficient (Wildman–Crippen LogP) is 3.31. The number of aromatic nitrogens is 1. The van der Waals surface area contributed by atoms with E-state index in [0.717, 1.165) is 35.9 Å². The molecule has 0 saturated heterocycles. The summed E-state index contributed by atoms with van der Waals surface area (Å²) in [7, 11) is 0. The summed E-state index contributed by atoms with van der Waals surface area (Å²) in [5.74, 6) is 3.21. The second kappa shape index (κ2) is 7.10. The fraction of sp³-hybridized carbons (Fsp3) is 0.438. The number of hydrogen-bond donors (Lipinski definition) is 1. The Morgan fingerprint density at radius 1 is 1.40 bits per heavy atom. The standard InChI is InChI=1S/C16H22N2O2/c1-12(2)8-18-10-16-13(3)7-15(20-16)11-19-14-5-4-6-17-9-14/h4-7,9,12,18H,8,10-11H2,1-3H3. The van der Waals surface area contributed by atoms with Gasteiger partial charge < -0.3 is 14.5 Å². The lowest BCUT2D eigenvalue weighted by Crippen LogP contribution is -2.18. The van der Waals surface area contributed by atoms with Crippen molar-refractivity contribution in [2.45, 2.75) is 33.9 Å². The average molecular weight is 274 g/mol. The van der Waals surface area contributed by atoms with Gasteiger partial charge >= 0.3 is 0 Å². The van der Waals surface area contributed by atoms with Gasteiger partial charge in [-0.05, 0) is 43.1 Å². The highest BCUT2D eigenvalue weighted by molar-refractivity contribution is 5.21. The van der Waals surface area contributed by atoms with Crippen molar-refractivity contribution in [1.82, 2.24) is 10.3 Å². The number of aryl methyl sites for hydroxylation is 1. The van der Waals surface area contributed by atoms with E-state index in [2.05, 4.69) is 31.1 Å². The molecule has 108 valence electrons. The quantitative estimate of drug-likeness (QED) is 0.841. The molecule has 0 unspecified atom stereocenters. The van der Waals surface area contributed by atoms with Crippen LogP contribution in [0.4, 0.5) is 0 Å². The molecule has 4 heteroatoms. The van der Waals surface area contributed by atoms with Crippen LogP contribution in [0.15, 0.2) is 35.0 Å². The van der Waals surface area contributed by atoms with Crippen molar-refractivity contribution in [3.8, 4) is 5.75 Å². The van der Waals surface area contributed by atoms with Crippen molar-refractivity contribution < 1.29 is 9.15 Å². The van der Waals surface area contributed by atoms with Gasteiger partial charge in [-0.15, -0.1) is 0 Å². The van der Waals surface area contributed by atoms with Gasteiger partial charge in [-0.25, -0.2) is 0 Å². The van der Waals surface area contributed by atoms with E-state index in [1.807, 2.05) is 18.2 Å². The van der Waals surface area contributed by atoms with Crippen LogP contribution in [0, 0.1) is 12.8 Å². The van der Waals surface area contributed by atoms with Crippen LogP contribution in [-0.4, -0.2) is 11.5 Å². The molecular weight excluding hydrogens is 252 g/mol. The van der Waals surface area contributed by atoms with Crippen LogP contribution in [0.25, 0.3) is 0 Å². The number of pyridine rings is 1. The first-order valence-corrected chi connectivity index (χ1v) is 6.97. The Morgan fingerprint density at radius 2 is 2.25 bits per heavy atom. The molecular formula is C16H22N2O2. The third kappa shape index (κ3) is 4.38. The summed E-state index contributed by atoms with van der Waals surface area (Å²) in [5.41, 5.74) is 1.16. The van der Waals surface area contributed by atoms with Crippen molar-refractivity contribution in [1.29, 1.82) is 0 Å². The van der Waals surface area contributed by atoms with E-state index in [1.54, 1.807) is 12.4 Å². The largest absolute Gasteiger partial charge is 0.484 e. The Balaban J connectivity index is 1.87. The lowest BCUT2D eigenvalue weighted by Gasteiger charge is -2.06. The number of furan rings is 1. The molecule has 0 aromatic carbocycles. The second-order valence-corrected chi connectivity index (χ2v) is 5.32. The Labute approximate surface area is 120 Å². The van der Waals surface area contributed by atoms with Crippen LogP contribution in [0.5, 0.6) is 5.75 Å². The smallest absolute Gasteiger partial charge is 0.146 e. The van der Waals surface area contributed by atoms with Gasteiger partial charge in [0.2, 0.25) is 0 Å². The molecule has 0 radical (unpaired) electrons. The van der Waals surface area contributed by atoms with E-state index in [1.165, 1.54) is 0 Å². The van der Waals surface area contributed by atoms with E-state index >= 15 is 0 Å². The maximum Gasteiger partial charge on any atom is 0.146 e. The zero-order valence-corrected chi connectivity index (χ0v) is 12.3. The molecule has 2 aromatic rings. The molecule has 0 fully saturated rings. The van der Waals surface area contributed by atoms with Crippen LogP contribution in [-0.2, 0) is 13.2 Å². The van der Waals surface area contributed by atoms with E-state index in [9.17, 15) is 0 Å². The summed E-state index contributed by atoms with van der Waals surface area (Å²) in [5, 5.41) is 3.38. The summed E-state index contributed by atoms with van der Waals surface area (Å²) in [6.45, 7) is 8.61. The highest BCUT2D eigenvalue weighted by atomic mass is 16.5. The zero-order chi connectivity index (χ0) is 14.4. The second-order valence-electron chi connectivity index (χ2n) is 5.32. The minimum atomic E-state index is 0.427. The van der Waals surface area contributed by atoms with Gasteiger partial charge in [0.1, 0.15) is 23.9 Å². The first-order valence-electron chi connectivity index (χ1n) is 6.97. The van der Waals surface area contributed by atoms with Crippen molar-refractivity contribution in [3.05, 3.63) is 47.7 Å². The van der Waals surface area contributed by atoms with Gasteiger partial charge in [0.25, 0.3) is 0 Å². The van der Waals surface area contributed by atoms with E-state index < -0.39 is 0 Å². The van der Waals surface area contributed by atoms with E-state index in [-0.39, 0.29) is 0 Å². The van der Waals surface area contributed by atoms with Crippen LogP contribution < -0.4 is 10.1 Å². The van der Waals surface area contributed by atoms with Crippen molar-refractivity contribution in [3.63, 3.8) is 0 Å². The number of nitrogens with one attached hydrogen (secondary N) is 1. The Morgan fingerprint density at radius 3 is 2.95 bits per heavy atom. The fourth-order valence-corrected chi connectivity index (χ4v) is 1.90. The molecule has 0 atom stereocenters. The lowest BCUT2D eigenvalue weighted by molar-refractivity contribution is 0.264. The summed E-state index contributed by atoms with van der Waals surface area (Å²) in [4.78, 5) is 4.01. The van der Waals surface area contributed by atoms with Crippen molar-refractivity contribution >= 4 is 0 Å². The number of ether oxygens (including phenoxy) is 1. The maximum atomic E-state index is 5.81. The molecule has 0 aliphatic heterocycles. The van der Waals surface area contributed by atoms with Crippen LogP contribution in [0.3, 0.4) is 0 Å². The van der Waals surface area contributed by atoms with Gasteiger partial charge in [-0.1, -0.05) is 13.8 Å². The Hall–Kier alpha value is -1.81. The monoisotopic (exact) mass is 274 g/mol. The number of rotatable bonds is 7.